The fourth-order valence-electron chi connectivity index (χ4n) is 8.76. The van der Waals surface area contributed by atoms with Gasteiger partial charge in [0.25, 0.3) is 5.91 Å². The molecule has 0 aromatic rings. The molecule has 2 N–H and O–H groups in total. The van der Waals surface area contributed by atoms with Crippen molar-refractivity contribution in [1.82, 2.24) is 25.3 Å². The van der Waals surface area contributed by atoms with Crippen LogP contribution in [0.2, 0.25) is 0 Å². The maximum absolute atomic E-state index is 14.8. The zero-order chi connectivity index (χ0) is 46.1. The van der Waals surface area contributed by atoms with Gasteiger partial charge in [-0.15, -0.1) is 0 Å². The minimum absolute atomic E-state index is 0.00787. The lowest BCUT2D eigenvalue weighted by atomic mass is 9.83. The van der Waals surface area contributed by atoms with Crippen LogP contribution in [0.15, 0.2) is 0 Å². The lowest BCUT2D eigenvalue weighted by Gasteiger charge is -2.36. The van der Waals surface area contributed by atoms with Crippen LogP contribution in [-0.2, 0) is 38.3 Å². The van der Waals surface area contributed by atoms with Crippen LogP contribution in [0.25, 0.3) is 0 Å². The summed E-state index contributed by atoms with van der Waals surface area (Å²) < 4.78 is 5.73. The molecule has 1 aliphatic carbocycles. The van der Waals surface area contributed by atoms with Crippen molar-refractivity contribution < 1.29 is 38.3 Å². The van der Waals surface area contributed by atoms with Crippen molar-refractivity contribution in [2.75, 3.05) is 21.1 Å². The van der Waals surface area contributed by atoms with Crippen molar-refractivity contribution in [3.05, 3.63) is 0 Å². The normalized spacial score (nSPS) is 27.2. The molecule has 1 aliphatic heterocycles. The van der Waals surface area contributed by atoms with Gasteiger partial charge in [0.2, 0.25) is 23.6 Å². The van der Waals surface area contributed by atoms with Crippen molar-refractivity contribution in [2.24, 2.45) is 35.5 Å². The Morgan fingerprint density at radius 1 is 0.754 bits per heavy atom. The Morgan fingerprint density at radius 3 is 1.92 bits per heavy atom. The molecule has 0 aromatic carbocycles. The van der Waals surface area contributed by atoms with Crippen LogP contribution in [0, 0.1) is 46.8 Å². The van der Waals surface area contributed by atoms with Gasteiger partial charge in [-0.25, -0.2) is 4.79 Å². The molecule has 2 rings (SSSR count). The smallest absolute Gasteiger partial charge is 0.329 e. The number of amides is 5. The standard InChI is InChI=1S/C47H80N6O8/c1-13-14-19-32(8)26-36-45(58)51(10)33(9)47(60)61-40(22-18-23-48)43(56)50-41(31(6)7)46(59)52(11)37(25-30(4)5)39(54)28-35(24-29(2)3)44(57)53(12)38(42(55)49-36)27-34-20-16-15-17-21-34/h29-38,40-41H,13-22,24-28H2,1-12H3,(H,49,55)(H,50,56)/t32-,33+,35-,36?,37+,38+,40-,41+/m1/s1. The molecule has 1 heterocycles. The molecule has 0 spiro atoms. The predicted molar refractivity (Wildman–Crippen MR) is 235 cm³/mol. The summed E-state index contributed by atoms with van der Waals surface area (Å²) >= 11 is 0. The number of unbranched alkanes of at least 4 members (excludes halogenated alkanes) is 1. The third-order valence-corrected chi connectivity index (χ3v) is 12.7. The molecule has 14 nitrogen and oxygen atoms in total. The number of nitriles is 1. The van der Waals surface area contributed by atoms with Gasteiger partial charge in [0.1, 0.15) is 24.2 Å². The number of carbonyl (C=O) groups excluding carboxylic acids is 7. The molecule has 0 radical (unpaired) electrons. The van der Waals surface area contributed by atoms with E-state index in [4.69, 9.17) is 4.74 Å². The Labute approximate surface area is 367 Å². The van der Waals surface area contributed by atoms with E-state index in [1.807, 2.05) is 40.7 Å². The van der Waals surface area contributed by atoms with Crippen molar-refractivity contribution in [2.45, 2.75) is 195 Å². The molecule has 5 amide bonds. The summed E-state index contributed by atoms with van der Waals surface area (Å²) in [6.45, 7) is 16.9. The minimum atomic E-state index is -1.46. The largest absolute Gasteiger partial charge is 0.451 e. The molecule has 1 unspecified atom stereocenters. The van der Waals surface area contributed by atoms with Gasteiger partial charge < -0.3 is 30.1 Å². The van der Waals surface area contributed by atoms with Crippen LogP contribution >= 0.6 is 0 Å². The summed E-state index contributed by atoms with van der Waals surface area (Å²) in [5.74, 6) is -4.83. The van der Waals surface area contributed by atoms with Gasteiger partial charge in [-0.1, -0.05) is 107 Å². The monoisotopic (exact) mass is 857 g/mol. The van der Waals surface area contributed by atoms with E-state index in [1.165, 1.54) is 35.7 Å². The molecular weight excluding hydrogens is 777 g/mol. The second kappa shape index (κ2) is 25.8. The number of esters is 1. The van der Waals surface area contributed by atoms with Gasteiger partial charge in [0.15, 0.2) is 11.9 Å². The molecule has 2 aliphatic rings. The molecule has 61 heavy (non-hydrogen) atoms. The minimum Gasteiger partial charge on any atom is -0.451 e. The van der Waals surface area contributed by atoms with E-state index in [1.54, 1.807) is 20.9 Å². The molecule has 346 valence electrons. The number of rotatable bonds is 14. The number of carbonyl (C=O) groups is 7. The Kier molecular flexibility index (Phi) is 22.5. The first-order valence-electron chi connectivity index (χ1n) is 23.2. The maximum atomic E-state index is 14.8. The van der Waals surface area contributed by atoms with Gasteiger partial charge in [-0.3, -0.25) is 28.8 Å². The van der Waals surface area contributed by atoms with E-state index in [9.17, 15) is 38.8 Å². The fourth-order valence-corrected chi connectivity index (χ4v) is 8.76. The molecular formula is C47H80N6O8. The van der Waals surface area contributed by atoms with Gasteiger partial charge in [-0.05, 0) is 62.2 Å². The summed E-state index contributed by atoms with van der Waals surface area (Å²) in [4.78, 5) is 105. The lowest BCUT2D eigenvalue weighted by Crippen LogP contribution is -2.57. The second-order valence-corrected chi connectivity index (χ2v) is 19.3. The molecule has 8 atom stereocenters. The number of Topliss-reactive ketones (excluding diaryl/α,β-unsaturated/α-hetero) is 1. The van der Waals surface area contributed by atoms with E-state index < -0.39 is 77.7 Å². The highest BCUT2D eigenvalue weighted by atomic mass is 16.5. The van der Waals surface area contributed by atoms with Gasteiger partial charge >= 0.3 is 5.97 Å². The number of likely N-dealkylation sites (N-methyl/N-ethyl adjacent to an activating group) is 3. The molecule has 0 aromatic heterocycles. The fraction of sp³-hybridized carbons (Fsp3) is 0.830. The maximum Gasteiger partial charge on any atom is 0.329 e. The zero-order valence-electron chi connectivity index (χ0n) is 39.6. The SMILES string of the molecule is CCCC[C@@H](C)CC1NC(=O)[C@H](CC2CCCCC2)N(C)C(=O)[C@H](CC(C)C)CC(=O)[C@H](CC(C)C)N(C)C(=O)[C@H](C(C)C)NC(=O)[C@@H](CCC#N)OC(=O)[C@H](C)N(C)C1=O. The zero-order valence-corrected chi connectivity index (χ0v) is 39.6. The molecule has 1 saturated heterocycles. The van der Waals surface area contributed by atoms with Crippen LogP contribution in [-0.4, -0.2) is 113 Å². The lowest BCUT2D eigenvalue weighted by molar-refractivity contribution is -0.163. The number of cyclic esters (lactones) is 1. The first-order chi connectivity index (χ1) is 28.6. The van der Waals surface area contributed by atoms with Crippen LogP contribution in [0.5, 0.6) is 0 Å². The van der Waals surface area contributed by atoms with Gasteiger partial charge in [0, 0.05) is 46.3 Å². The van der Waals surface area contributed by atoms with Crippen molar-refractivity contribution >= 4 is 41.3 Å². The number of ketones is 1. The van der Waals surface area contributed by atoms with Crippen LogP contribution in [0.4, 0.5) is 0 Å². The highest BCUT2D eigenvalue weighted by Gasteiger charge is 2.41. The number of nitrogens with zero attached hydrogens (tertiary/aromatic N) is 4. The van der Waals surface area contributed by atoms with E-state index in [0.717, 1.165) is 51.4 Å². The number of hydrogen-bond acceptors (Lipinski definition) is 9. The topological polar surface area (TPSA) is 186 Å². The van der Waals surface area contributed by atoms with E-state index in [-0.39, 0.29) is 61.0 Å². The molecule has 2 fully saturated rings. The van der Waals surface area contributed by atoms with Gasteiger partial charge in [0.05, 0.1) is 12.1 Å². The first kappa shape index (κ1) is 53.1. The third-order valence-electron chi connectivity index (χ3n) is 12.7. The average molecular weight is 857 g/mol. The van der Waals surface area contributed by atoms with Gasteiger partial charge in [-0.2, -0.15) is 5.26 Å². The van der Waals surface area contributed by atoms with E-state index in [0.29, 0.717) is 19.3 Å². The highest BCUT2D eigenvalue weighted by molar-refractivity contribution is 5.97. The van der Waals surface area contributed by atoms with E-state index in [2.05, 4.69) is 17.6 Å². The molecule has 0 bridgehead atoms. The quantitative estimate of drug-likeness (QED) is 0.192. The van der Waals surface area contributed by atoms with Crippen LogP contribution in [0.3, 0.4) is 0 Å². The number of hydrogen-bond donors (Lipinski definition) is 2. The van der Waals surface area contributed by atoms with Crippen molar-refractivity contribution in [3.8, 4) is 6.07 Å². The Balaban J connectivity index is 2.84. The summed E-state index contributed by atoms with van der Waals surface area (Å²) in [6, 6.07) is -3.22. The van der Waals surface area contributed by atoms with Crippen LogP contribution < -0.4 is 10.6 Å². The van der Waals surface area contributed by atoms with Crippen molar-refractivity contribution in [3.63, 3.8) is 0 Å². The van der Waals surface area contributed by atoms with Crippen LogP contribution in [0.1, 0.15) is 159 Å². The second-order valence-electron chi connectivity index (χ2n) is 19.3. The Hall–Kier alpha value is -4.02. The van der Waals surface area contributed by atoms with Crippen molar-refractivity contribution in [1.29, 1.82) is 5.26 Å². The first-order valence-corrected chi connectivity index (χ1v) is 23.2. The highest BCUT2D eigenvalue weighted by Crippen LogP contribution is 2.31. The number of nitrogens with one attached hydrogen (secondary N) is 2. The molecule has 1 saturated carbocycles. The Bertz CT molecular complexity index is 1520. The van der Waals surface area contributed by atoms with E-state index >= 15 is 0 Å². The summed E-state index contributed by atoms with van der Waals surface area (Å²) in [6.07, 6.45) is 7.16. The summed E-state index contributed by atoms with van der Waals surface area (Å²) in [7, 11) is 4.60. The number of ether oxygens (including phenoxy) is 1. The molecule has 14 heteroatoms. The third kappa shape index (κ3) is 16.3. The summed E-state index contributed by atoms with van der Waals surface area (Å²) in [5, 5.41) is 15.2. The summed E-state index contributed by atoms with van der Waals surface area (Å²) in [5.41, 5.74) is 0. The average Bonchev–Trinajstić information content (AvgIpc) is 3.21. The predicted octanol–water partition coefficient (Wildman–Crippen LogP) is 6.20. The Morgan fingerprint density at radius 2 is 1.36 bits per heavy atom.